The Morgan fingerprint density at radius 3 is 2.68 bits per heavy atom. The normalized spacial score (nSPS) is 11.8. The molecule has 2 aromatic heterocycles. The highest BCUT2D eigenvalue weighted by Crippen LogP contribution is 2.28. The molecule has 102 valence electrons. The van der Waals surface area contributed by atoms with Crippen LogP contribution in [-0.4, -0.2) is 26.1 Å². The molecule has 1 N–H and O–H groups in total. The first kappa shape index (κ1) is 14.2. The number of aromatic carboxylic acids is 1. The predicted octanol–water partition coefficient (Wildman–Crippen LogP) is 3.15. The largest absolute Gasteiger partial charge is 0.476 e. The highest BCUT2D eigenvalue weighted by atomic mass is 79.9. The molecule has 0 atom stereocenters. The minimum absolute atomic E-state index is 0.0279. The summed E-state index contributed by atoms with van der Waals surface area (Å²) in [6, 6.07) is 1.96. The highest BCUT2D eigenvalue weighted by Gasteiger charge is 2.29. The van der Waals surface area contributed by atoms with E-state index in [-0.39, 0.29) is 11.1 Å². The fraction of sp³-hybridized carbons (Fsp3) is 0.417. The average molecular weight is 344 g/mol. The zero-order chi connectivity index (χ0) is 14.2. The number of carboxylic acids is 1. The minimum Gasteiger partial charge on any atom is -0.476 e. The van der Waals surface area contributed by atoms with Crippen molar-refractivity contribution in [2.45, 2.75) is 32.7 Å². The van der Waals surface area contributed by atoms with E-state index in [2.05, 4.69) is 26.2 Å². The van der Waals surface area contributed by atoms with Gasteiger partial charge in [0, 0.05) is 14.8 Å². The minimum atomic E-state index is -1.04. The van der Waals surface area contributed by atoms with Crippen molar-refractivity contribution in [2.75, 3.05) is 0 Å². The van der Waals surface area contributed by atoms with Gasteiger partial charge in [-0.1, -0.05) is 26.0 Å². The van der Waals surface area contributed by atoms with Crippen LogP contribution < -0.4 is 0 Å². The zero-order valence-electron chi connectivity index (χ0n) is 10.8. The fourth-order valence-corrected chi connectivity index (χ4v) is 3.34. The van der Waals surface area contributed by atoms with Crippen LogP contribution in [0.3, 0.4) is 0 Å². The monoisotopic (exact) mass is 343 g/mol. The Morgan fingerprint density at radius 2 is 2.21 bits per heavy atom. The van der Waals surface area contributed by atoms with Crippen molar-refractivity contribution >= 4 is 33.2 Å². The van der Waals surface area contributed by atoms with Gasteiger partial charge in [-0.25, -0.2) is 9.48 Å². The van der Waals surface area contributed by atoms with Crippen LogP contribution in [0.5, 0.6) is 0 Å². The molecule has 0 aliphatic rings. The lowest BCUT2D eigenvalue weighted by Crippen LogP contribution is -2.22. The maximum Gasteiger partial charge on any atom is 0.358 e. The molecule has 0 saturated heterocycles. The maximum atomic E-state index is 11.2. The van der Waals surface area contributed by atoms with E-state index in [0.29, 0.717) is 12.2 Å². The molecule has 0 saturated carbocycles. The lowest BCUT2D eigenvalue weighted by atomic mass is 9.90. The quantitative estimate of drug-likeness (QED) is 0.929. The van der Waals surface area contributed by atoms with Crippen molar-refractivity contribution in [3.05, 3.63) is 32.2 Å². The molecule has 2 heterocycles. The van der Waals surface area contributed by atoms with Crippen molar-refractivity contribution in [1.29, 1.82) is 0 Å². The smallest absolute Gasteiger partial charge is 0.358 e. The summed E-state index contributed by atoms with van der Waals surface area (Å²) in [6.07, 6.45) is 0. The van der Waals surface area contributed by atoms with Crippen LogP contribution in [0.4, 0.5) is 0 Å². The lowest BCUT2D eigenvalue weighted by molar-refractivity contribution is 0.0687. The summed E-state index contributed by atoms with van der Waals surface area (Å²) < 4.78 is 2.67. The fourth-order valence-electron chi connectivity index (χ4n) is 1.88. The molecule has 7 heteroatoms. The molecular formula is C12H14BrN3O2S. The number of rotatable bonds is 3. The first-order valence-electron chi connectivity index (χ1n) is 5.70. The number of carboxylic acid groups (broad SMARTS) is 1. The van der Waals surface area contributed by atoms with Crippen molar-refractivity contribution in [3.8, 4) is 0 Å². The number of halogens is 1. The topological polar surface area (TPSA) is 68.0 Å². The van der Waals surface area contributed by atoms with Gasteiger partial charge in [-0.05, 0) is 27.4 Å². The predicted molar refractivity (Wildman–Crippen MR) is 76.8 cm³/mol. The summed E-state index contributed by atoms with van der Waals surface area (Å²) in [5.74, 6) is -1.04. The lowest BCUT2D eigenvalue weighted by Gasteiger charge is -2.20. The third-order valence-electron chi connectivity index (χ3n) is 2.63. The SMILES string of the molecule is CC(C)(C)c1c(C(=O)O)nnn1Cc1sccc1Br. The van der Waals surface area contributed by atoms with Crippen LogP contribution in [0.25, 0.3) is 0 Å². The van der Waals surface area contributed by atoms with Gasteiger partial charge in [0.25, 0.3) is 0 Å². The number of carbonyl (C=O) groups is 1. The van der Waals surface area contributed by atoms with Gasteiger partial charge >= 0.3 is 5.97 Å². The number of thiophene rings is 1. The Morgan fingerprint density at radius 1 is 1.53 bits per heavy atom. The van der Waals surface area contributed by atoms with Gasteiger partial charge in [-0.3, -0.25) is 0 Å². The highest BCUT2D eigenvalue weighted by molar-refractivity contribution is 9.10. The van der Waals surface area contributed by atoms with Crippen LogP contribution in [0.1, 0.15) is 41.8 Å². The number of nitrogens with zero attached hydrogens (tertiary/aromatic N) is 3. The van der Waals surface area contributed by atoms with Gasteiger partial charge in [-0.2, -0.15) is 0 Å². The van der Waals surface area contributed by atoms with Gasteiger partial charge in [0.15, 0.2) is 5.69 Å². The third kappa shape index (κ3) is 2.87. The van der Waals surface area contributed by atoms with Crippen molar-refractivity contribution in [1.82, 2.24) is 15.0 Å². The molecule has 0 spiro atoms. The summed E-state index contributed by atoms with van der Waals surface area (Å²) in [4.78, 5) is 12.3. The van der Waals surface area contributed by atoms with E-state index in [9.17, 15) is 9.90 Å². The van der Waals surface area contributed by atoms with E-state index in [0.717, 1.165) is 9.35 Å². The molecule has 0 fully saturated rings. The molecule has 0 bridgehead atoms. The van der Waals surface area contributed by atoms with Crippen molar-refractivity contribution in [2.24, 2.45) is 0 Å². The molecular weight excluding hydrogens is 330 g/mol. The number of hydrogen-bond acceptors (Lipinski definition) is 4. The van der Waals surface area contributed by atoms with Crippen LogP contribution >= 0.6 is 27.3 Å². The number of aromatic nitrogens is 3. The van der Waals surface area contributed by atoms with E-state index in [1.54, 1.807) is 16.0 Å². The molecule has 0 aliphatic carbocycles. The Kier molecular flexibility index (Phi) is 3.78. The van der Waals surface area contributed by atoms with Crippen molar-refractivity contribution < 1.29 is 9.90 Å². The summed E-state index contributed by atoms with van der Waals surface area (Å²) in [6.45, 7) is 6.39. The van der Waals surface area contributed by atoms with Crippen LogP contribution in [0.15, 0.2) is 15.9 Å². The zero-order valence-corrected chi connectivity index (χ0v) is 13.2. The first-order valence-corrected chi connectivity index (χ1v) is 7.37. The van der Waals surface area contributed by atoms with Crippen molar-refractivity contribution in [3.63, 3.8) is 0 Å². The number of hydrogen-bond donors (Lipinski definition) is 1. The molecule has 0 unspecified atom stereocenters. The third-order valence-corrected chi connectivity index (χ3v) is 4.54. The summed E-state index contributed by atoms with van der Waals surface area (Å²) in [7, 11) is 0. The standard InChI is InChI=1S/C12H14BrN3O2S/c1-12(2,3)10-9(11(17)18)14-15-16(10)6-8-7(13)4-5-19-8/h4-5H,6H2,1-3H3,(H,17,18). The molecule has 0 aromatic carbocycles. The van der Waals surface area contributed by atoms with Crippen LogP contribution in [0, 0.1) is 0 Å². The summed E-state index contributed by atoms with van der Waals surface area (Å²) >= 11 is 5.07. The summed E-state index contributed by atoms with van der Waals surface area (Å²) in [5, 5.41) is 19.0. The molecule has 5 nitrogen and oxygen atoms in total. The molecule has 0 aliphatic heterocycles. The Balaban J connectivity index is 2.47. The van der Waals surface area contributed by atoms with Crippen LogP contribution in [-0.2, 0) is 12.0 Å². The maximum absolute atomic E-state index is 11.2. The first-order chi connectivity index (χ1) is 8.80. The van der Waals surface area contributed by atoms with E-state index >= 15 is 0 Å². The Bertz CT molecular complexity index is 613. The van der Waals surface area contributed by atoms with Gasteiger partial charge < -0.3 is 5.11 Å². The van der Waals surface area contributed by atoms with E-state index in [1.165, 1.54) is 0 Å². The van der Waals surface area contributed by atoms with Gasteiger partial charge in [0.1, 0.15) is 0 Å². The van der Waals surface area contributed by atoms with Gasteiger partial charge in [-0.15, -0.1) is 16.4 Å². The molecule has 2 rings (SSSR count). The molecule has 19 heavy (non-hydrogen) atoms. The Hall–Kier alpha value is -1.21. The average Bonchev–Trinajstić information content (AvgIpc) is 2.85. The molecule has 0 amide bonds. The van der Waals surface area contributed by atoms with Gasteiger partial charge in [0.05, 0.1) is 12.2 Å². The second-order valence-electron chi connectivity index (χ2n) is 5.19. The van der Waals surface area contributed by atoms with Gasteiger partial charge in [0.2, 0.25) is 0 Å². The molecule has 2 aromatic rings. The summed E-state index contributed by atoms with van der Waals surface area (Å²) in [5.41, 5.74) is 0.335. The van der Waals surface area contributed by atoms with E-state index in [1.807, 2.05) is 32.2 Å². The van der Waals surface area contributed by atoms with E-state index < -0.39 is 5.97 Å². The molecule has 0 radical (unpaired) electrons. The second-order valence-corrected chi connectivity index (χ2v) is 7.05. The van der Waals surface area contributed by atoms with Crippen LogP contribution in [0.2, 0.25) is 0 Å². The second kappa shape index (κ2) is 5.05. The Labute approximate surface area is 123 Å². The van der Waals surface area contributed by atoms with E-state index in [4.69, 9.17) is 0 Å².